The second kappa shape index (κ2) is 7.62. The van der Waals surface area contributed by atoms with Gasteiger partial charge in [0.1, 0.15) is 6.10 Å². The Labute approximate surface area is 149 Å². The first kappa shape index (κ1) is 18.9. The Kier molecular flexibility index (Phi) is 5.76. The second-order valence-electron chi connectivity index (χ2n) is 5.18. The smallest absolute Gasteiger partial charge is 0.303 e. The second-order valence-corrected chi connectivity index (χ2v) is 7.65. The molecular weight excluding hydrogens is 370 g/mol. The summed E-state index contributed by atoms with van der Waals surface area (Å²) in [6.07, 6.45) is -1.08. The number of non-ortho nitro benzene ring substituents is 1. The Morgan fingerprint density at radius 3 is 2.20 bits per heavy atom. The summed E-state index contributed by atoms with van der Waals surface area (Å²) >= 11 is 5.75. The van der Waals surface area contributed by atoms with Crippen molar-refractivity contribution in [2.75, 3.05) is 5.75 Å². The van der Waals surface area contributed by atoms with Crippen molar-refractivity contribution in [3.8, 4) is 0 Å². The van der Waals surface area contributed by atoms with Gasteiger partial charge in [-0.25, -0.2) is 8.42 Å². The van der Waals surface area contributed by atoms with Gasteiger partial charge in [0.2, 0.25) is 0 Å². The van der Waals surface area contributed by atoms with Crippen LogP contribution < -0.4 is 0 Å². The summed E-state index contributed by atoms with van der Waals surface area (Å²) in [5, 5.41) is 11.1. The highest BCUT2D eigenvalue weighted by Gasteiger charge is 2.25. The van der Waals surface area contributed by atoms with E-state index in [1.165, 1.54) is 48.5 Å². The van der Waals surface area contributed by atoms with E-state index in [1.807, 2.05) is 0 Å². The van der Waals surface area contributed by atoms with E-state index in [4.69, 9.17) is 16.3 Å². The Bertz CT molecular complexity index is 878. The Morgan fingerprint density at radius 2 is 1.72 bits per heavy atom. The number of benzene rings is 2. The lowest BCUT2D eigenvalue weighted by molar-refractivity contribution is -0.384. The number of hydrogen-bond acceptors (Lipinski definition) is 6. The van der Waals surface area contributed by atoms with Crippen molar-refractivity contribution in [2.45, 2.75) is 17.9 Å². The Morgan fingerprint density at radius 1 is 1.16 bits per heavy atom. The van der Waals surface area contributed by atoms with Crippen LogP contribution in [0, 0.1) is 10.1 Å². The third kappa shape index (κ3) is 5.01. The van der Waals surface area contributed by atoms with Crippen molar-refractivity contribution in [3.05, 3.63) is 69.2 Å². The van der Waals surface area contributed by atoms with Crippen LogP contribution in [0.25, 0.3) is 0 Å². The summed E-state index contributed by atoms with van der Waals surface area (Å²) in [5.74, 6) is -1.15. The molecule has 0 aliphatic carbocycles. The van der Waals surface area contributed by atoms with Gasteiger partial charge in [0.05, 0.1) is 15.6 Å². The molecule has 132 valence electrons. The molecule has 0 saturated carbocycles. The van der Waals surface area contributed by atoms with Crippen LogP contribution in [-0.4, -0.2) is 25.1 Å². The van der Waals surface area contributed by atoms with E-state index in [2.05, 4.69) is 0 Å². The molecule has 2 aromatic rings. The summed E-state index contributed by atoms with van der Waals surface area (Å²) in [7, 11) is -3.77. The maximum atomic E-state index is 12.5. The Balaban J connectivity index is 2.32. The van der Waals surface area contributed by atoms with E-state index >= 15 is 0 Å². The van der Waals surface area contributed by atoms with Crippen molar-refractivity contribution < 1.29 is 22.9 Å². The molecule has 0 saturated heterocycles. The fraction of sp³-hybridized carbons (Fsp3) is 0.188. The van der Waals surface area contributed by atoms with Gasteiger partial charge in [-0.15, -0.1) is 0 Å². The zero-order valence-corrected chi connectivity index (χ0v) is 14.7. The molecule has 1 atom stereocenters. The fourth-order valence-corrected chi connectivity index (χ4v) is 3.68. The fourth-order valence-electron chi connectivity index (χ4n) is 2.15. The van der Waals surface area contributed by atoms with Crippen molar-refractivity contribution in [3.63, 3.8) is 0 Å². The topological polar surface area (TPSA) is 104 Å². The van der Waals surface area contributed by atoms with Crippen LogP contribution >= 0.6 is 11.6 Å². The van der Waals surface area contributed by atoms with Crippen LogP contribution in [0.5, 0.6) is 0 Å². The van der Waals surface area contributed by atoms with E-state index < -0.39 is 32.6 Å². The molecule has 0 fully saturated rings. The normalized spacial score (nSPS) is 12.4. The molecule has 0 aromatic heterocycles. The first-order valence-corrected chi connectivity index (χ1v) is 9.12. The van der Waals surface area contributed by atoms with Gasteiger partial charge in [-0.05, 0) is 42.0 Å². The minimum Gasteiger partial charge on any atom is -0.457 e. The molecule has 25 heavy (non-hydrogen) atoms. The highest BCUT2D eigenvalue weighted by Crippen LogP contribution is 2.26. The maximum absolute atomic E-state index is 12.5. The molecule has 1 unspecified atom stereocenters. The summed E-state index contributed by atoms with van der Waals surface area (Å²) in [6.45, 7) is 1.16. The number of esters is 1. The predicted octanol–water partition coefficient (Wildman–Crippen LogP) is 3.33. The molecule has 0 heterocycles. The molecular formula is C16H14ClNO6S. The van der Waals surface area contributed by atoms with Crippen molar-refractivity contribution in [2.24, 2.45) is 0 Å². The van der Waals surface area contributed by atoms with Crippen LogP contribution in [0.3, 0.4) is 0 Å². The van der Waals surface area contributed by atoms with Gasteiger partial charge in [0.25, 0.3) is 5.69 Å². The zero-order chi connectivity index (χ0) is 18.6. The van der Waals surface area contributed by atoms with Crippen LogP contribution in [0.1, 0.15) is 18.6 Å². The zero-order valence-electron chi connectivity index (χ0n) is 13.1. The molecule has 2 aromatic carbocycles. The number of rotatable bonds is 6. The number of carbonyl (C=O) groups is 1. The summed E-state index contributed by atoms with van der Waals surface area (Å²) < 4.78 is 30.2. The standard InChI is InChI=1S/C16H14ClNO6S/c1-11(19)24-16(12-2-6-14(7-3-12)18(20)21)10-25(22,23)15-8-4-13(17)5-9-15/h2-9,16H,10H2,1H3. The first-order valence-electron chi connectivity index (χ1n) is 7.09. The van der Waals surface area contributed by atoms with Crippen LogP contribution in [0.2, 0.25) is 5.02 Å². The van der Waals surface area contributed by atoms with E-state index in [0.717, 1.165) is 6.92 Å². The quantitative estimate of drug-likeness (QED) is 0.430. The molecule has 0 spiro atoms. The van der Waals surface area contributed by atoms with Gasteiger partial charge in [-0.1, -0.05) is 11.6 Å². The number of sulfone groups is 1. The lowest BCUT2D eigenvalue weighted by Crippen LogP contribution is -2.19. The summed E-state index contributed by atoms with van der Waals surface area (Å²) in [6, 6.07) is 10.8. The van der Waals surface area contributed by atoms with Gasteiger partial charge in [-0.2, -0.15) is 0 Å². The van der Waals surface area contributed by atoms with Crippen LogP contribution in [0.4, 0.5) is 5.69 Å². The third-order valence-electron chi connectivity index (χ3n) is 3.33. The lowest BCUT2D eigenvalue weighted by atomic mass is 10.1. The van der Waals surface area contributed by atoms with E-state index in [1.54, 1.807) is 0 Å². The summed E-state index contributed by atoms with van der Waals surface area (Å²) in [5.41, 5.74) is 0.198. The van der Waals surface area contributed by atoms with Crippen molar-refractivity contribution in [1.29, 1.82) is 0 Å². The molecule has 0 amide bonds. The molecule has 7 nitrogen and oxygen atoms in total. The number of ether oxygens (including phenoxy) is 1. The predicted molar refractivity (Wildman–Crippen MR) is 91.1 cm³/mol. The SMILES string of the molecule is CC(=O)OC(CS(=O)(=O)c1ccc(Cl)cc1)c1ccc([N+](=O)[O-])cc1. The van der Waals surface area contributed by atoms with Crippen LogP contribution in [-0.2, 0) is 19.4 Å². The number of nitrogens with zero attached hydrogens (tertiary/aromatic N) is 1. The number of carbonyl (C=O) groups excluding carboxylic acids is 1. The summed E-state index contributed by atoms with van der Waals surface area (Å²) in [4.78, 5) is 21.5. The number of nitro groups is 1. The minimum atomic E-state index is -3.77. The number of nitro benzene ring substituents is 1. The highest BCUT2D eigenvalue weighted by molar-refractivity contribution is 7.91. The minimum absolute atomic E-state index is 0.0379. The van der Waals surface area contributed by atoms with Gasteiger partial charge >= 0.3 is 5.97 Å². The molecule has 0 N–H and O–H groups in total. The molecule has 0 aliphatic rings. The largest absolute Gasteiger partial charge is 0.457 e. The van der Waals surface area contributed by atoms with Gasteiger partial charge in [0.15, 0.2) is 9.84 Å². The number of halogens is 1. The average molecular weight is 384 g/mol. The van der Waals surface area contributed by atoms with Crippen LogP contribution in [0.15, 0.2) is 53.4 Å². The van der Waals surface area contributed by atoms with E-state index in [9.17, 15) is 23.3 Å². The van der Waals surface area contributed by atoms with Gasteiger partial charge < -0.3 is 4.74 Å². The first-order chi connectivity index (χ1) is 11.7. The monoisotopic (exact) mass is 383 g/mol. The average Bonchev–Trinajstić information content (AvgIpc) is 2.54. The molecule has 2 rings (SSSR count). The van der Waals surface area contributed by atoms with E-state index in [0.29, 0.717) is 10.6 Å². The third-order valence-corrected chi connectivity index (χ3v) is 5.31. The molecule has 0 radical (unpaired) electrons. The van der Waals surface area contributed by atoms with Crippen molar-refractivity contribution in [1.82, 2.24) is 0 Å². The van der Waals surface area contributed by atoms with Gasteiger partial charge in [-0.3, -0.25) is 14.9 Å². The highest BCUT2D eigenvalue weighted by atomic mass is 35.5. The van der Waals surface area contributed by atoms with Crippen molar-refractivity contribution >= 4 is 33.1 Å². The Hall–Kier alpha value is -2.45. The maximum Gasteiger partial charge on any atom is 0.303 e. The lowest BCUT2D eigenvalue weighted by Gasteiger charge is -2.17. The molecule has 9 heteroatoms. The van der Waals surface area contributed by atoms with E-state index in [-0.39, 0.29) is 10.6 Å². The number of hydrogen-bond donors (Lipinski definition) is 0. The molecule has 0 aliphatic heterocycles. The van der Waals surface area contributed by atoms with Gasteiger partial charge in [0, 0.05) is 24.1 Å². The molecule has 0 bridgehead atoms.